The highest BCUT2D eigenvalue weighted by molar-refractivity contribution is 5.94. The highest BCUT2D eigenvalue weighted by Gasteiger charge is 2.25. The standard InChI is InChI=1S/C12H15NO/c1-10-6-5-9-13(10)12(14)11-7-3-2-4-8-11/h2-4,7-8,10H,5-6,9H2,1H3/t10-/m0/s1. The Balaban J connectivity index is 2.16. The molecule has 1 saturated heterocycles. The summed E-state index contributed by atoms with van der Waals surface area (Å²) in [7, 11) is 0. The highest BCUT2D eigenvalue weighted by Crippen LogP contribution is 2.19. The number of carbonyl (C=O) groups is 1. The molecular weight excluding hydrogens is 174 g/mol. The van der Waals surface area contributed by atoms with E-state index in [1.165, 1.54) is 0 Å². The van der Waals surface area contributed by atoms with E-state index in [2.05, 4.69) is 6.92 Å². The van der Waals surface area contributed by atoms with Gasteiger partial charge in [-0.05, 0) is 31.9 Å². The summed E-state index contributed by atoms with van der Waals surface area (Å²) in [4.78, 5) is 14.0. The topological polar surface area (TPSA) is 20.3 Å². The van der Waals surface area contributed by atoms with Crippen LogP contribution in [0.4, 0.5) is 0 Å². The van der Waals surface area contributed by atoms with Crippen LogP contribution in [0.3, 0.4) is 0 Å². The molecule has 0 unspecified atom stereocenters. The van der Waals surface area contributed by atoms with E-state index in [1.807, 2.05) is 35.2 Å². The Hall–Kier alpha value is -1.31. The Bertz CT molecular complexity index is 320. The fraction of sp³-hybridized carbons (Fsp3) is 0.417. The number of nitrogens with zero attached hydrogens (tertiary/aromatic N) is 1. The maximum absolute atomic E-state index is 12.0. The predicted molar refractivity (Wildman–Crippen MR) is 56.2 cm³/mol. The van der Waals surface area contributed by atoms with Crippen LogP contribution in [0.2, 0.25) is 0 Å². The summed E-state index contributed by atoms with van der Waals surface area (Å²) >= 11 is 0. The van der Waals surface area contributed by atoms with Crippen molar-refractivity contribution in [1.29, 1.82) is 0 Å². The molecule has 0 aromatic heterocycles. The zero-order chi connectivity index (χ0) is 9.97. The molecule has 0 saturated carbocycles. The Morgan fingerprint density at radius 1 is 1.36 bits per heavy atom. The number of rotatable bonds is 1. The fourth-order valence-corrected chi connectivity index (χ4v) is 1.98. The summed E-state index contributed by atoms with van der Waals surface area (Å²) in [5, 5.41) is 0. The first-order valence-corrected chi connectivity index (χ1v) is 5.15. The molecule has 0 aliphatic carbocycles. The molecule has 2 heteroatoms. The predicted octanol–water partition coefficient (Wildman–Crippen LogP) is 2.31. The molecule has 1 heterocycles. The molecule has 1 amide bonds. The zero-order valence-electron chi connectivity index (χ0n) is 8.44. The Morgan fingerprint density at radius 3 is 2.64 bits per heavy atom. The Labute approximate surface area is 84.5 Å². The third-order valence-corrected chi connectivity index (χ3v) is 2.83. The van der Waals surface area contributed by atoms with Gasteiger partial charge in [-0.3, -0.25) is 4.79 Å². The van der Waals surface area contributed by atoms with E-state index < -0.39 is 0 Å². The van der Waals surface area contributed by atoms with Gasteiger partial charge in [0.2, 0.25) is 0 Å². The first kappa shape index (κ1) is 9.25. The third kappa shape index (κ3) is 1.65. The summed E-state index contributed by atoms with van der Waals surface area (Å²) in [6.45, 7) is 3.03. The zero-order valence-corrected chi connectivity index (χ0v) is 8.44. The van der Waals surface area contributed by atoms with Crippen molar-refractivity contribution in [3.05, 3.63) is 35.9 Å². The van der Waals surface area contributed by atoms with Gasteiger partial charge in [-0.1, -0.05) is 18.2 Å². The number of likely N-dealkylation sites (tertiary alicyclic amines) is 1. The smallest absolute Gasteiger partial charge is 0.254 e. The molecule has 1 aromatic rings. The minimum absolute atomic E-state index is 0.176. The summed E-state index contributed by atoms with van der Waals surface area (Å²) in [5.74, 6) is 0.176. The van der Waals surface area contributed by atoms with Gasteiger partial charge < -0.3 is 4.90 Å². The molecule has 1 aliphatic rings. The SMILES string of the molecule is C[C@H]1CCCN1C(=O)c1ccccc1. The average molecular weight is 189 g/mol. The molecule has 74 valence electrons. The molecular formula is C12H15NO. The monoisotopic (exact) mass is 189 g/mol. The van der Waals surface area contributed by atoms with Crippen LogP contribution in [-0.4, -0.2) is 23.4 Å². The molecule has 0 N–H and O–H groups in total. The second kappa shape index (κ2) is 3.82. The average Bonchev–Trinajstić information content (AvgIpc) is 2.65. The van der Waals surface area contributed by atoms with E-state index in [4.69, 9.17) is 0 Å². The van der Waals surface area contributed by atoms with Crippen molar-refractivity contribution >= 4 is 5.91 Å². The molecule has 0 spiro atoms. The summed E-state index contributed by atoms with van der Waals surface area (Å²) in [6.07, 6.45) is 2.28. The number of hydrogen-bond acceptors (Lipinski definition) is 1. The Morgan fingerprint density at radius 2 is 2.07 bits per heavy atom. The molecule has 2 rings (SSSR count). The van der Waals surface area contributed by atoms with Gasteiger partial charge in [-0.2, -0.15) is 0 Å². The van der Waals surface area contributed by atoms with Crippen LogP contribution in [0.15, 0.2) is 30.3 Å². The van der Waals surface area contributed by atoms with Gasteiger partial charge in [0.25, 0.3) is 5.91 Å². The number of hydrogen-bond donors (Lipinski definition) is 0. The van der Waals surface area contributed by atoms with Crippen LogP contribution >= 0.6 is 0 Å². The van der Waals surface area contributed by atoms with E-state index in [0.717, 1.165) is 24.9 Å². The summed E-state index contributed by atoms with van der Waals surface area (Å²) in [6, 6.07) is 9.93. The van der Waals surface area contributed by atoms with E-state index in [0.29, 0.717) is 6.04 Å². The van der Waals surface area contributed by atoms with Crippen LogP contribution in [0, 0.1) is 0 Å². The Kier molecular flexibility index (Phi) is 2.53. The van der Waals surface area contributed by atoms with Crippen molar-refractivity contribution in [2.75, 3.05) is 6.54 Å². The first-order chi connectivity index (χ1) is 6.79. The van der Waals surface area contributed by atoms with Gasteiger partial charge in [-0.25, -0.2) is 0 Å². The molecule has 0 bridgehead atoms. The van der Waals surface area contributed by atoms with Crippen molar-refractivity contribution in [2.45, 2.75) is 25.8 Å². The maximum atomic E-state index is 12.0. The van der Waals surface area contributed by atoms with Crippen molar-refractivity contribution < 1.29 is 4.79 Å². The summed E-state index contributed by atoms with van der Waals surface area (Å²) in [5.41, 5.74) is 0.807. The lowest BCUT2D eigenvalue weighted by Gasteiger charge is -2.21. The molecule has 1 aromatic carbocycles. The second-order valence-corrected chi connectivity index (χ2v) is 3.86. The largest absolute Gasteiger partial charge is 0.336 e. The van der Waals surface area contributed by atoms with E-state index >= 15 is 0 Å². The lowest BCUT2D eigenvalue weighted by atomic mass is 10.2. The van der Waals surface area contributed by atoms with Gasteiger partial charge in [0, 0.05) is 18.2 Å². The quantitative estimate of drug-likeness (QED) is 0.664. The number of carbonyl (C=O) groups excluding carboxylic acids is 1. The van der Waals surface area contributed by atoms with Crippen molar-refractivity contribution in [1.82, 2.24) is 4.90 Å². The van der Waals surface area contributed by atoms with Crippen LogP contribution in [0.1, 0.15) is 30.1 Å². The highest BCUT2D eigenvalue weighted by atomic mass is 16.2. The summed E-state index contributed by atoms with van der Waals surface area (Å²) < 4.78 is 0. The van der Waals surface area contributed by atoms with Crippen LogP contribution in [-0.2, 0) is 0 Å². The van der Waals surface area contributed by atoms with Crippen LogP contribution < -0.4 is 0 Å². The van der Waals surface area contributed by atoms with E-state index in [1.54, 1.807) is 0 Å². The molecule has 1 aliphatic heterocycles. The number of benzene rings is 1. The first-order valence-electron chi connectivity index (χ1n) is 5.15. The molecule has 14 heavy (non-hydrogen) atoms. The third-order valence-electron chi connectivity index (χ3n) is 2.83. The van der Waals surface area contributed by atoms with Crippen molar-refractivity contribution in [3.63, 3.8) is 0 Å². The van der Waals surface area contributed by atoms with Gasteiger partial charge >= 0.3 is 0 Å². The molecule has 2 nitrogen and oxygen atoms in total. The maximum Gasteiger partial charge on any atom is 0.254 e. The van der Waals surface area contributed by atoms with E-state index in [-0.39, 0.29) is 5.91 Å². The van der Waals surface area contributed by atoms with Gasteiger partial charge in [0.1, 0.15) is 0 Å². The van der Waals surface area contributed by atoms with Crippen LogP contribution in [0.25, 0.3) is 0 Å². The molecule has 1 fully saturated rings. The minimum Gasteiger partial charge on any atom is -0.336 e. The van der Waals surface area contributed by atoms with E-state index in [9.17, 15) is 4.79 Å². The normalized spacial score (nSPS) is 21.2. The van der Waals surface area contributed by atoms with Crippen molar-refractivity contribution in [3.8, 4) is 0 Å². The lowest BCUT2D eigenvalue weighted by molar-refractivity contribution is 0.0747. The van der Waals surface area contributed by atoms with Gasteiger partial charge in [0.15, 0.2) is 0 Å². The second-order valence-electron chi connectivity index (χ2n) is 3.86. The van der Waals surface area contributed by atoms with Crippen molar-refractivity contribution in [2.24, 2.45) is 0 Å². The van der Waals surface area contributed by atoms with Gasteiger partial charge in [0.05, 0.1) is 0 Å². The number of amides is 1. The van der Waals surface area contributed by atoms with Crippen LogP contribution in [0.5, 0.6) is 0 Å². The minimum atomic E-state index is 0.176. The fourth-order valence-electron chi connectivity index (χ4n) is 1.98. The van der Waals surface area contributed by atoms with Gasteiger partial charge in [-0.15, -0.1) is 0 Å². The molecule has 0 radical (unpaired) electrons. The lowest BCUT2D eigenvalue weighted by Crippen LogP contribution is -2.33. The molecule has 1 atom stereocenters.